The van der Waals surface area contributed by atoms with Gasteiger partial charge in [-0.25, -0.2) is 0 Å². The lowest BCUT2D eigenvalue weighted by atomic mass is 9.91. The average molecular weight is 297 g/mol. The molecule has 21 heavy (non-hydrogen) atoms. The van der Waals surface area contributed by atoms with Crippen molar-refractivity contribution < 1.29 is 9.47 Å². The van der Waals surface area contributed by atoms with Crippen LogP contribution in [-0.2, 0) is 9.47 Å². The largest absolute Gasteiger partial charge is 0.381 e. The van der Waals surface area contributed by atoms with E-state index in [1.54, 1.807) is 7.11 Å². The maximum atomic E-state index is 6.18. The topological polar surface area (TPSA) is 37.0 Å². The summed E-state index contributed by atoms with van der Waals surface area (Å²) in [6, 6.07) is 0. The molecule has 0 amide bonds. The van der Waals surface area contributed by atoms with Crippen molar-refractivity contribution in [2.24, 2.45) is 0 Å². The van der Waals surface area contributed by atoms with Crippen LogP contribution in [0.3, 0.4) is 0 Å². The third-order valence-corrected chi connectivity index (χ3v) is 5.25. The Balaban J connectivity index is 1.26. The van der Waals surface area contributed by atoms with Gasteiger partial charge in [0.1, 0.15) is 0 Å². The first-order chi connectivity index (χ1) is 10.3. The van der Waals surface area contributed by atoms with E-state index in [1.807, 2.05) is 0 Å². The van der Waals surface area contributed by atoms with E-state index in [0.717, 1.165) is 25.9 Å². The Morgan fingerprint density at radius 1 is 0.857 bits per heavy atom. The zero-order valence-electron chi connectivity index (χ0n) is 13.4. The molecule has 2 aliphatic heterocycles. The van der Waals surface area contributed by atoms with E-state index in [9.17, 15) is 0 Å². The van der Waals surface area contributed by atoms with E-state index in [0.29, 0.717) is 18.3 Å². The first-order valence-corrected chi connectivity index (χ1v) is 8.67. The molecule has 0 aromatic heterocycles. The van der Waals surface area contributed by atoms with Crippen molar-refractivity contribution in [3.8, 4) is 0 Å². The Morgan fingerprint density at radius 2 is 1.48 bits per heavy atom. The summed E-state index contributed by atoms with van der Waals surface area (Å²) in [6.07, 6.45) is 6.01. The quantitative estimate of drug-likeness (QED) is 0.775. The molecule has 1 saturated carbocycles. The molecular formula is C16H31N3O2. The fourth-order valence-corrected chi connectivity index (χ4v) is 3.58. The number of hydrogen-bond acceptors (Lipinski definition) is 5. The van der Waals surface area contributed by atoms with Crippen LogP contribution in [-0.4, -0.2) is 87.6 Å². The van der Waals surface area contributed by atoms with Gasteiger partial charge in [0.2, 0.25) is 0 Å². The number of nitrogens with zero attached hydrogens (tertiary/aromatic N) is 2. The Morgan fingerprint density at radius 3 is 2.10 bits per heavy atom. The maximum absolute atomic E-state index is 6.18. The summed E-state index contributed by atoms with van der Waals surface area (Å²) in [5.74, 6) is 0. The molecule has 1 aliphatic carbocycles. The van der Waals surface area contributed by atoms with Gasteiger partial charge in [0.05, 0.1) is 18.3 Å². The third-order valence-electron chi connectivity index (χ3n) is 5.25. The van der Waals surface area contributed by atoms with Crippen LogP contribution < -0.4 is 5.32 Å². The van der Waals surface area contributed by atoms with Gasteiger partial charge in [0.15, 0.2) is 0 Å². The highest BCUT2D eigenvalue weighted by atomic mass is 16.5. The molecule has 0 spiro atoms. The molecule has 0 bridgehead atoms. The molecule has 3 rings (SSSR count). The van der Waals surface area contributed by atoms with Crippen LogP contribution >= 0.6 is 0 Å². The molecule has 1 N–H and O–H groups in total. The van der Waals surface area contributed by atoms with Gasteiger partial charge in [0, 0.05) is 59.5 Å². The molecule has 0 atom stereocenters. The van der Waals surface area contributed by atoms with Crippen LogP contribution in [0.15, 0.2) is 0 Å². The predicted molar refractivity (Wildman–Crippen MR) is 83.7 cm³/mol. The summed E-state index contributed by atoms with van der Waals surface area (Å²) in [6.45, 7) is 9.59. The van der Waals surface area contributed by atoms with Gasteiger partial charge in [-0.3, -0.25) is 4.90 Å². The minimum Gasteiger partial charge on any atom is -0.381 e. The van der Waals surface area contributed by atoms with Crippen LogP contribution in [0.25, 0.3) is 0 Å². The SMILES string of the molecule is COC1CC(OC2CCN(CCN3CCNCC3)CC2)C1. The molecule has 3 aliphatic rings. The van der Waals surface area contributed by atoms with Crippen molar-refractivity contribution >= 4 is 0 Å². The molecule has 2 heterocycles. The Hall–Kier alpha value is -0.200. The number of piperidine rings is 1. The lowest BCUT2D eigenvalue weighted by Crippen LogP contribution is -2.48. The number of nitrogens with one attached hydrogen (secondary N) is 1. The number of rotatable bonds is 6. The second-order valence-electron chi connectivity index (χ2n) is 6.72. The number of methoxy groups -OCH3 is 1. The molecule has 3 fully saturated rings. The van der Waals surface area contributed by atoms with Crippen molar-refractivity contribution in [2.45, 2.75) is 44.0 Å². The first kappa shape index (κ1) is 15.7. The van der Waals surface area contributed by atoms with Crippen molar-refractivity contribution in [3.63, 3.8) is 0 Å². The Bertz CT molecular complexity index is 296. The van der Waals surface area contributed by atoms with E-state index in [4.69, 9.17) is 9.47 Å². The summed E-state index contributed by atoms with van der Waals surface area (Å²) in [5.41, 5.74) is 0. The first-order valence-electron chi connectivity index (χ1n) is 8.67. The van der Waals surface area contributed by atoms with Gasteiger partial charge in [-0.2, -0.15) is 0 Å². The summed E-state index contributed by atoms with van der Waals surface area (Å²) >= 11 is 0. The normalized spacial score (nSPS) is 33.0. The minimum absolute atomic E-state index is 0.453. The minimum atomic E-state index is 0.453. The molecule has 0 aromatic rings. The van der Waals surface area contributed by atoms with E-state index in [2.05, 4.69) is 15.1 Å². The molecule has 5 nitrogen and oxygen atoms in total. The van der Waals surface area contributed by atoms with E-state index >= 15 is 0 Å². The summed E-state index contributed by atoms with van der Waals surface area (Å²) in [5, 5.41) is 3.41. The van der Waals surface area contributed by atoms with Crippen LogP contribution in [0.5, 0.6) is 0 Å². The molecule has 5 heteroatoms. The zero-order valence-corrected chi connectivity index (χ0v) is 13.4. The average Bonchev–Trinajstić information content (AvgIpc) is 2.50. The van der Waals surface area contributed by atoms with Crippen molar-refractivity contribution in [2.75, 3.05) is 59.5 Å². The molecule has 2 saturated heterocycles. The van der Waals surface area contributed by atoms with Crippen molar-refractivity contribution in [1.82, 2.24) is 15.1 Å². The number of hydrogen-bond donors (Lipinski definition) is 1. The van der Waals surface area contributed by atoms with E-state index < -0.39 is 0 Å². The fourth-order valence-electron chi connectivity index (χ4n) is 3.58. The summed E-state index contributed by atoms with van der Waals surface area (Å²) < 4.78 is 11.5. The van der Waals surface area contributed by atoms with Gasteiger partial charge < -0.3 is 19.7 Å². The highest BCUT2D eigenvalue weighted by Crippen LogP contribution is 2.28. The number of likely N-dealkylation sites (tertiary alicyclic amines) is 1. The van der Waals surface area contributed by atoms with Crippen molar-refractivity contribution in [1.29, 1.82) is 0 Å². The van der Waals surface area contributed by atoms with Crippen LogP contribution in [0.4, 0.5) is 0 Å². The third kappa shape index (κ3) is 4.63. The number of piperazine rings is 1. The van der Waals surface area contributed by atoms with Gasteiger partial charge in [-0.15, -0.1) is 0 Å². The molecule has 0 unspecified atom stereocenters. The smallest absolute Gasteiger partial charge is 0.0628 e. The van der Waals surface area contributed by atoms with Gasteiger partial charge in [-0.1, -0.05) is 0 Å². The Labute approximate surface area is 128 Å². The maximum Gasteiger partial charge on any atom is 0.0628 e. The monoisotopic (exact) mass is 297 g/mol. The lowest BCUT2D eigenvalue weighted by molar-refractivity contribution is -0.126. The number of ether oxygens (including phenoxy) is 2. The van der Waals surface area contributed by atoms with Crippen molar-refractivity contribution in [3.05, 3.63) is 0 Å². The van der Waals surface area contributed by atoms with E-state index in [-0.39, 0.29) is 0 Å². The van der Waals surface area contributed by atoms with Crippen LogP contribution in [0, 0.1) is 0 Å². The second-order valence-corrected chi connectivity index (χ2v) is 6.72. The summed E-state index contributed by atoms with van der Waals surface area (Å²) in [4.78, 5) is 5.19. The van der Waals surface area contributed by atoms with Crippen LogP contribution in [0.2, 0.25) is 0 Å². The summed E-state index contributed by atoms with van der Waals surface area (Å²) in [7, 11) is 1.80. The van der Waals surface area contributed by atoms with Gasteiger partial charge in [0.25, 0.3) is 0 Å². The Kier molecular flexibility index (Phi) is 5.89. The highest BCUT2D eigenvalue weighted by Gasteiger charge is 2.32. The molecule has 122 valence electrons. The lowest BCUT2D eigenvalue weighted by Gasteiger charge is -2.39. The highest BCUT2D eigenvalue weighted by molar-refractivity contribution is 4.83. The van der Waals surface area contributed by atoms with Gasteiger partial charge in [-0.05, 0) is 25.7 Å². The predicted octanol–water partition coefficient (Wildman–Crippen LogP) is 0.550. The van der Waals surface area contributed by atoms with Crippen LogP contribution in [0.1, 0.15) is 25.7 Å². The molecular weight excluding hydrogens is 266 g/mol. The molecule has 0 aromatic carbocycles. The fraction of sp³-hybridized carbons (Fsp3) is 1.00. The second kappa shape index (κ2) is 7.88. The standard InChI is InChI=1S/C16H31N3O2/c1-20-15-12-16(13-15)21-14-2-6-18(7-3-14)10-11-19-8-4-17-5-9-19/h14-17H,2-13H2,1H3. The molecule has 0 radical (unpaired) electrons. The zero-order chi connectivity index (χ0) is 14.5. The van der Waals surface area contributed by atoms with Gasteiger partial charge >= 0.3 is 0 Å². The van der Waals surface area contributed by atoms with E-state index in [1.165, 1.54) is 52.1 Å².